The van der Waals surface area contributed by atoms with Crippen molar-refractivity contribution >= 4 is 11.2 Å². The Balaban J connectivity index is 2.76. The lowest BCUT2D eigenvalue weighted by Crippen LogP contribution is -1.92. The monoisotopic (exact) mass is 159 g/mol. The van der Waals surface area contributed by atoms with E-state index in [1.165, 1.54) is 11.0 Å². The summed E-state index contributed by atoms with van der Waals surface area (Å²) in [5.41, 5.74) is 1.29. The molecule has 2 aromatic rings. The highest BCUT2D eigenvalue weighted by Crippen LogP contribution is 2.01. The zero-order valence-electron chi connectivity index (χ0n) is 6.39. The number of hydrogen-bond acceptors (Lipinski definition) is 4. The van der Waals surface area contributed by atoms with Gasteiger partial charge in [-0.2, -0.15) is 4.68 Å². The summed E-state index contributed by atoms with van der Waals surface area (Å²) in [7, 11) is 0. The molecule has 2 heterocycles. The maximum absolute atomic E-state index is 3.98. The average Bonchev–Trinajstić information content (AvgIpc) is 2.50. The topological polar surface area (TPSA) is 56.5 Å². The first kappa shape index (κ1) is 6.73. The van der Waals surface area contributed by atoms with Gasteiger partial charge in [0.25, 0.3) is 0 Å². The van der Waals surface area contributed by atoms with Crippen molar-refractivity contribution in [3.8, 4) is 12.0 Å². The van der Waals surface area contributed by atoms with Crippen molar-refractivity contribution in [1.29, 1.82) is 0 Å². The Morgan fingerprint density at radius 1 is 1.50 bits per heavy atom. The van der Waals surface area contributed by atoms with Crippen LogP contribution in [-0.2, 0) is 0 Å². The molecule has 0 atom stereocenters. The van der Waals surface area contributed by atoms with Gasteiger partial charge in [0, 0.05) is 6.04 Å². The van der Waals surface area contributed by atoms with E-state index in [0.29, 0.717) is 11.2 Å². The summed E-state index contributed by atoms with van der Waals surface area (Å²) in [4.78, 5) is 7.80. The van der Waals surface area contributed by atoms with E-state index in [4.69, 9.17) is 0 Å². The standard InChI is InChI=1S/C7H5N5/c1-2-3-12-7-6(10-11-12)4-8-5-9-7/h4-5H,1H3. The quantitative estimate of drug-likeness (QED) is 0.509. The van der Waals surface area contributed by atoms with Gasteiger partial charge >= 0.3 is 0 Å². The van der Waals surface area contributed by atoms with Crippen LogP contribution < -0.4 is 0 Å². The largest absolute Gasteiger partial charge is 0.242 e. The fourth-order valence-electron chi connectivity index (χ4n) is 0.866. The molecule has 0 radical (unpaired) electrons. The summed E-state index contributed by atoms with van der Waals surface area (Å²) >= 11 is 0. The average molecular weight is 159 g/mol. The fourth-order valence-corrected chi connectivity index (χ4v) is 0.866. The Morgan fingerprint density at radius 2 is 2.42 bits per heavy atom. The van der Waals surface area contributed by atoms with Crippen molar-refractivity contribution in [3.05, 3.63) is 12.5 Å². The van der Waals surface area contributed by atoms with Crippen LogP contribution in [0.2, 0.25) is 0 Å². The molecule has 0 bridgehead atoms. The van der Waals surface area contributed by atoms with E-state index in [-0.39, 0.29) is 0 Å². The molecule has 0 aliphatic rings. The van der Waals surface area contributed by atoms with Crippen LogP contribution in [0.5, 0.6) is 0 Å². The predicted molar refractivity (Wildman–Crippen MR) is 42.0 cm³/mol. The van der Waals surface area contributed by atoms with Crippen LogP contribution in [0.3, 0.4) is 0 Å². The van der Waals surface area contributed by atoms with Crippen molar-refractivity contribution in [1.82, 2.24) is 25.0 Å². The third kappa shape index (κ3) is 0.900. The third-order valence-electron chi connectivity index (χ3n) is 1.33. The number of nitrogens with zero attached hydrogens (tertiary/aromatic N) is 5. The van der Waals surface area contributed by atoms with Crippen LogP contribution in [0.4, 0.5) is 0 Å². The summed E-state index contributed by atoms with van der Waals surface area (Å²) in [6.45, 7) is 1.73. The highest BCUT2D eigenvalue weighted by molar-refractivity contribution is 5.68. The Kier molecular flexibility index (Phi) is 1.45. The maximum Gasteiger partial charge on any atom is 0.195 e. The molecule has 2 aromatic heterocycles. The van der Waals surface area contributed by atoms with Crippen LogP contribution in [0.15, 0.2) is 12.5 Å². The van der Waals surface area contributed by atoms with Gasteiger partial charge in [0.1, 0.15) is 6.33 Å². The molecule has 58 valence electrons. The van der Waals surface area contributed by atoms with Crippen molar-refractivity contribution in [2.45, 2.75) is 6.92 Å². The minimum atomic E-state index is 0.638. The van der Waals surface area contributed by atoms with Gasteiger partial charge in [0.2, 0.25) is 0 Å². The van der Waals surface area contributed by atoms with E-state index in [2.05, 4.69) is 32.2 Å². The number of fused-ring (bicyclic) bond motifs is 1. The predicted octanol–water partition coefficient (Wildman–Crippen LogP) is 0.0502. The highest BCUT2D eigenvalue weighted by Gasteiger charge is 2.01. The van der Waals surface area contributed by atoms with Crippen LogP contribution in [0, 0.1) is 12.0 Å². The molecule has 0 amide bonds. The van der Waals surface area contributed by atoms with Crippen LogP contribution in [0.1, 0.15) is 6.92 Å². The molecule has 12 heavy (non-hydrogen) atoms. The lowest BCUT2D eigenvalue weighted by Gasteiger charge is -1.85. The Morgan fingerprint density at radius 3 is 3.25 bits per heavy atom. The van der Waals surface area contributed by atoms with Gasteiger partial charge in [-0.3, -0.25) is 0 Å². The van der Waals surface area contributed by atoms with Crippen LogP contribution in [0.25, 0.3) is 11.2 Å². The number of rotatable bonds is 0. The normalized spacial score (nSPS) is 9.42. The zero-order chi connectivity index (χ0) is 8.39. The van der Waals surface area contributed by atoms with E-state index >= 15 is 0 Å². The lowest BCUT2D eigenvalue weighted by molar-refractivity contribution is 0.841. The summed E-state index contributed by atoms with van der Waals surface area (Å²) < 4.78 is 1.43. The van der Waals surface area contributed by atoms with Gasteiger partial charge < -0.3 is 0 Å². The summed E-state index contributed by atoms with van der Waals surface area (Å²) in [5, 5.41) is 7.60. The first-order valence-electron chi connectivity index (χ1n) is 3.36. The Bertz CT molecular complexity index is 461. The molecule has 0 unspecified atom stereocenters. The molecular weight excluding hydrogens is 154 g/mol. The second-order valence-electron chi connectivity index (χ2n) is 2.09. The molecule has 5 nitrogen and oxygen atoms in total. The molecule has 0 saturated heterocycles. The number of aromatic nitrogens is 5. The van der Waals surface area contributed by atoms with Crippen molar-refractivity contribution < 1.29 is 0 Å². The van der Waals surface area contributed by atoms with Crippen molar-refractivity contribution in [2.24, 2.45) is 0 Å². The minimum Gasteiger partial charge on any atom is -0.242 e. The summed E-state index contributed by atoms with van der Waals surface area (Å²) in [6, 6.07) is 2.73. The third-order valence-corrected chi connectivity index (χ3v) is 1.33. The number of hydrogen-bond donors (Lipinski definition) is 0. The summed E-state index contributed by atoms with van der Waals surface area (Å²) in [6.07, 6.45) is 3.04. The van der Waals surface area contributed by atoms with Crippen LogP contribution in [-0.4, -0.2) is 25.0 Å². The molecule has 0 saturated carbocycles. The second-order valence-corrected chi connectivity index (χ2v) is 2.09. The molecule has 0 aromatic carbocycles. The van der Waals surface area contributed by atoms with Crippen LogP contribution >= 0.6 is 0 Å². The van der Waals surface area contributed by atoms with E-state index in [1.54, 1.807) is 13.1 Å². The molecule has 2 rings (SSSR count). The van der Waals surface area contributed by atoms with Gasteiger partial charge in [-0.1, -0.05) is 11.1 Å². The van der Waals surface area contributed by atoms with Crippen molar-refractivity contribution in [3.63, 3.8) is 0 Å². The molecule has 0 fully saturated rings. The fraction of sp³-hybridized carbons (Fsp3) is 0.143. The molecule has 0 aliphatic heterocycles. The zero-order valence-corrected chi connectivity index (χ0v) is 6.39. The van der Waals surface area contributed by atoms with E-state index in [1.807, 2.05) is 0 Å². The summed E-state index contributed by atoms with van der Waals surface area (Å²) in [5.74, 6) is 2.71. The lowest BCUT2D eigenvalue weighted by atomic mass is 10.5. The van der Waals surface area contributed by atoms with Gasteiger partial charge in [-0.25, -0.2) is 9.97 Å². The van der Waals surface area contributed by atoms with E-state index in [0.717, 1.165) is 0 Å². The first-order valence-corrected chi connectivity index (χ1v) is 3.36. The van der Waals surface area contributed by atoms with Gasteiger partial charge in [0.15, 0.2) is 11.2 Å². The maximum atomic E-state index is 3.98. The first-order chi connectivity index (χ1) is 5.92. The molecule has 0 N–H and O–H groups in total. The minimum absolute atomic E-state index is 0.638. The smallest absolute Gasteiger partial charge is 0.195 e. The van der Waals surface area contributed by atoms with E-state index < -0.39 is 0 Å². The second kappa shape index (κ2) is 2.58. The Hall–Kier alpha value is -1.96. The Labute approximate surface area is 68.4 Å². The molecule has 0 spiro atoms. The van der Waals surface area contributed by atoms with Gasteiger partial charge in [0.05, 0.1) is 6.20 Å². The van der Waals surface area contributed by atoms with E-state index in [9.17, 15) is 0 Å². The highest BCUT2D eigenvalue weighted by atomic mass is 15.4. The molecule has 0 aliphatic carbocycles. The van der Waals surface area contributed by atoms with Crippen molar-refractivity contribution in [2.75, 3.05) is 0 Å². The van der Waals surface area contributed by atoms with Gasteiger partial charge in [-0.05, 0) is 6.92 Å². The SMILES string of the molecule is CC#Cn1nnc2cncnc21. The van der Waals surface area contributed by atoms with Gasteiger partial charge in [-0.15, -0.1) is 5.10 Å². The molecule has 5 heteroatoms. The molecular formula is C7H5N5.